The van der Waals surface area contributed by atoms with Gasteiger partial charge in [-0.1, -0.05) is 26.7 Å². The maximum atomic E-state index is 3.74. The van der Waals surface area contributed by atoms with E-state index in [0.29, 0.717) is 5.54 Å². The van der Waals surface area contributed by atoms with Gasteiger partial charge in [0.1, 0.15) is 0 Å². The van der Waals surface area contributed by atoms with Gasteiger partial charge in [0.15, 0.2) is 0 Å². The maximum Gasteiger partial charge on any atom is 0.0278 e. The lowest BCUT2D eigenvalue weighted by Gasteiger charge is -2.46. The fourth-order valence-corrected chi connectivity index (χ4v) is 2.78. The molecule has 0 bridgehead atoms. The third-order valence-electron chi connectivity index (χ3n) is 4.61. The first-order valence-corrected chi connectivity index (χ1v) is 7.16. The van der Waals surface area contributed by atoms with E-state index < -0.39 is 0 Å². The first-order chi connectivity index (χ1) is 7.67. The average Bonchev–Trinajstić information content (AvgIpc) is 3.10. The summed E-state index contributed by atoms with van der Waals surface area (Å²) >= 11 is 0. The third-order valence-corrected chi connectivity index (χ3v) is 4.61. The van der Waals surface area contributed by atoms with Crippen LogP contribution in [0.5, 0.6) is 0 Å². The van der Waals surface area contributed by atoms with E-state index in [1.54, 1.807) is 0 Å². The van der Waals surface area contributed by atoms with Gasteiger partial charge in [0.05, 0.1) is 0 Å². The summed E-state index contributed by atoms with van der Waals surface area (Å²) in [5, 5.41) is 3.74. The molecule has 94 valence electrons. The lowest BCUT2D eigenvalue weighted by Crippen LogP contribution is -2.62. The quantitative estimate of drug-likeness (QED) is 0.772. The highest BCUT2D eigenvalue weighted by atomic mass is 15.2. The van der Waals surface area contributed by atoms with Crippen LogP contribution in [-0.4, -0.2) is 36.1 Å². The van der Waals surface area contributed by atoms with E-state index in [1.807, 2.05) is 0 Å². The van der Waals surface area contributed by atoms with Crippen LogP contribution in [0.15, 0.2) is 0 Å². The van der Waals surface area contributed by atoms with Crippen LogP contribution in [0.2, 0.25) is 0 Å². The second kappa shape index (κ2) is 5.05. The second-order valence-corrected chi connectivity index (χ2v) is 6.06. The lowest BCUT2D eigenvalue weighted by atomic mass is 9.92. The Bertz CT molecular complexity index is 225. The Kier molecular flexibility index (Phi) is 3.91. The molecular formula is C14H28N2. The first-order valence-electron chi connectivity index (χ1n) is 7.16. The van der Waals surface area contributed by atoms with E-state index in [4.69, 9.17) is 0 Å². The second-order valence-electron chi connectivity index (χ2n) is 6.06. The number of hydrogen-bond acceptors (Lipinski definition) is 2. The maximum absolute atomic E-state index is 3.74. The highest BCUT2D eigenvalue weighted by Crippen LogP contribution is 2.33. The summed E-state index contributed by atoms with van der Waals surface area (Å²) in [5.41, 5.74) is 0.356. The summed E-state index contributed by atoms with van der Waals surface area (Å²) in [4.78, 5) is 2.75. The van der Waals surface area contributed by atoms with Gasteiger partial charge in [0.2, 0.25) is 0 Å². The third kappa shape index (κ3) is 2.98. The van der Waals surface area contributed by atoms with E-state index in [2.05, 4.69) is 31.0 Å². The predicted octanol–water partition coefficient (Wildman–Crippen LogP) is 2.64. The molecule has 0 aromatic carbocycles. The molecule has 2 nitrogen and oxygen atoms in total. The van der Waals surface area contributed by atoms with E-state index in [0.717, 1.165) is 12.0 Å². The molecule has 0 amide bonds. The van der Waals surface area contributed by atoms with Crippen LogP contribution in [0.3, 0.4) is 0 Å². The van der Waals surface area contributed by atoms with Gasteiger partial charge in [-0.3, -0.25) is 4.90 Å². The first kappa shape index (κ1) is 12.4. The Hall–Kier alpha value is -0.0800. The van der Waals surface area contributed by atoms with Crippen LogP contribution in [-0.2, 0) is 0 Å². The van der Waals surface area contributed by atoms with Gasteiger partial charge in [-0.2, -0.15) is 0 Å². The van der Waals surface area contributed by atoms with Crippen molar-refractivity contribution in [3.8, 4) is 0 Å². The summed E-state index contributed by atoms with van der Waals surface area (Å²) in [6, 6.07) is 0.776. The van der Waals surface area contributed by atoms with Gasteiger partial charge < -0.3 is 5.32 Å². The molecule has 0 spiro atoms. The van der Waals surface area contributed by atoms with Crippen LogP contribution in [0.4, 0.5) is 0 Å². The molecule has 1 heterocycles. The van der Waals surface area contributed by atoms with Crippen LogP contribution in [0.1, 0.15) is 52.9 Å². The minimum absolute atomic E-state index is 0.356. The van der Waals surface area contributed by atoms with Gasteiger partial charge in [0.25, 0.3) is 0 Å². The molecule has 1 saturated heterocycles. The van der Waals surface area contributed by atoms with Crippen molar-refractivity contribution >= 4 is 0 Å². The molecule has 2 rings (SSSR count). The number of rotatable bonds is 5. The van der Waals surface area contributed by atoms with Crippen molar-refractivity contribution in [2.45, 2.75) is 64.5 Å². The SMILES string of the molecule is CCC1CNC(C)(CC)CN1CCC1CC1. The molecular weight excluding hydrogens is 196 g/mol. The largest absolute Gasteiger partial charge is 0.309 e. The Morgan fingerprint density at radius 2 is 2.06 bits per heavy atom. The molecule has 2 aliphatic rings. The van der Waals surface area contributed by atoms with Crippen molar-refractivity contribution < 1.29 is 0 Å². The van der Waals surface area contributed by atoms with Crippen molar-refractivity contribution in [2.75, 3.05) is 19.6 Å². The summed E-state index contributed by atoms with van der Waals surface area (Å²) in [7, 11) is 0. The Labute approximate surface area is 101 Å². The molecule has 2 heteroatoms. The highest BCUT2D eigenvalue weighted by molar-refractivity contribution is 4.94. The standard InChI is InChI=1S/C14H28N2/c1-4-13-10-15-14(3,5-2)11-16(13)9-8-12-6-7-12/h12-13,15H,4-11H2,1-3H3. The molecule has 2 atom stereocenters. The van der Waals surface area contributed by atoms with Gasteiger partial charge in [0, 0.05) is 24.7 Å². The van der Waals surface area contributed by atoms with Crippen molar-refractivity contribution in [1.29, 1.82) is 0 Å². The van der Waals surface area contributed by atoms with Crippen molar-refractivity contribution in [3.63, 3.8) is 0 Å². The predicted molar refractivity (Wildman–Crippen MR) is 69.7 cm³/mol. The fourth-order valence-electron chi connectivity index (χ4n) is 2.78. The molecule has 1 saturated carbocycles. The topological polar surface area (TPSA) is 15.3 Å². The summed E-state index contributed by atoms with van der Waals surface area (Å²) < 4.78 is 0. The van der Waals surface area contributed by atoms with Crippen LogP contribution < -0.4 is 5.32 Å². The Morgan fingerprint density at radius 3 is 2.62 bits per heavy atom. The number of piperazine rings is 1. The minimum atomic E-state index is 0.356. The zero-order chi connectivity index (χ0) is 11.6. The van der Waals surface area contributed by atoms with Crippen LogP contribution >= 0.6 is 0 Å². The zero-order valence-electron chi connectivity index (χ0n) is 11.3. The molecule has 0 aromatic rings. The van der Waals surface area contributed by atoms with Crippen LogP contribution in [0, 0.1) is 5.92 Å². The molecule has 0 radical (unpaired) electrons. The van der Waals surface area contributed by atoms with E-state index in [-0.39, 0.29) is 0 Å². The molecule has 16 heavy (non-hydrogen) atoms. The summed E-state index contributed by atoms with van der Waals surface area (Å²) in [5.74, 6) is 1.07. The van der Waals surface area contributed by atoms with Gasteiger partial charge >= 0.3 is 0 Å². The van der Waals surface area contributed by atoms with Crippen molar-refractivity contribution in [1.82, 2.24) is 10.2 Å². The minimum Gasteiger partial charge on any atom is -0.309 e. The van der Waals surface area contributed by atoms with Crippen molar-refractivity contribution in [2.24, 2.45) is 5.92 Å². The van der Waals surface area contributed by atoms with Gasteiger partial charge in [-0.15, -0.1) is 0 Å². The van der Waals surface area contributed by atoms with Gasteiger partial charge in [-0.25, -0.2) is 0 Å². The Balaban J connectivity index is 1.87. The molecule has 1 aliphatic carbocycles. The number of nitrogens with zero attached hydrogens (tertiary/aromatic N) is 1. The number of nitrogens with one attached hydrogen (secondary N) is 1. The summed E-state index contributed by atoms with van der Waals surface area (Å²) in [6.07, 6.45) is 6.96. The highest BCUT2D eigenvalue weighted by Gasteiger charge is 2.34. The number of hydrogen-bond donors (Lipinski definition) is 1. The molecule has 0 aromatic heterocycles. The Morgan fingerprint density at radius 1 is 1.31 bits per heavy atom. The normalized spacial score (nSPS) is 36.6. The molecule has 2 fully saturated rings. The molecule has 2 unspecified atom stereocenters. The van der Waals surface area contributed by atoms with Crippen molar-refractivity contribution in [3.05, 3.63) is 0 Å². The van der Waals surface area contributed by atoms with E-state index >= 15 is 0 Å². The smallest absolute Gasteiger partial charge is 0.0278 e. The summed E-state index contributed by atoms with van der Waals surface area (Å²) in [6.45, 7) is 10.8. The fraction of sp³-hybridized carbons (Fsp3) is 1.00. The lowest BCUT2D eigenvalue weighted by molar-refractivity contribution is 0.0797. The molecule has 1 N–H and O–H groups in total. The zero-order valence-corrected chi connectivity index (χ0v) is 11.3. The van der Waals surface area contributed by atoms with E-state index in [1.165, 1.54) is 51.7 Å². The monoisotopic (exact) mass is 224 g/mol. The van der Waals surface area contributed by atoms with Crippen LogP contribution in [0.25, 0.3) is 0 Å². The van der Waals surface area contributed by atoms with E-state index in [9.17, 15) is 0 Å². The van der Waals surface area contributed by atoms with Gasteiger partial charge in [-0.05, 0) is 38.6 Å². The average molecular weight is 224 g/mol. The molecule has 1 aliphatic heterocycles.